The van der Waals surface area contributed by atoms with Crippen LogP contribution in [0.25, 0.3) is 5.65 Å². The molecule has 3 rings (SSSR count). The monoisotopic (exact) mass is 245 g/mol. The van der Waals surface area contributed by atoms with E-state index in [2.05, 4.69) is 23.0 Å². The molecule has 0 saturated carbocycles. The van der Waals surface area contributed by atoms with Gasteiger partial charge in [0.15, 0.2) is 5.43 Å². The van der Waals surface area contributed by atoms with E-state index >= 15 is 0 Å². The van der Waals surface area contributed by atoms with Crippen LogP contribution >= 0.6 is 0 Å². The lowest BCUT2D eigenvalue weighted by molar-refractivity contribution is 0.216. The molecule has 1 aliphatic rings. The van der Waals surface area contributed by atoms with E-state index in [0.29, 0.717) is 5.92 Å². The molecule has 0 bridgehead atoms. The average Bonchev–Trinajstić information content (AvgIpc) is 2.81. The van der Waals surface area contributed by atoms with Crippen LogP contribution in [0.4, 0.5) is 0 Å². The zero-order valence-electron chi connectivity index (χ0n) is 10.7. The predicted octanol–water partition coefficient (Wildman–Crippen LogP) is 1.83. The molecule has 1 saturated heterocycles. The third-order valence-corrected chi connectivity index (χ3v) is 3.90. The largest absolute Gasteiger partial charge is 0.343 e. The molecular weight excluding hydrogens is 226 g/mol. The second-order valence-corrected chi connectivity index (χ2v) is 5.10. The molecule has 0 radical (unpaired) electrons. The minimum absolute atomic E-state index is 0.0576. The molecule has 1 aliphatic heterocycles. The maximum Gasteiger partial charge on any atom is 0.183 e. The van der Waals surface area contributed by atoms with E-state index in [4.69, 9.17) is 0 Å². The quantitative estimate of drug-likeness (QED) is 0.877. The summed E-state index contributed by atoms with van der Waals surface area (Å²) in [5.41, 5.74) is 2.20. The van der Waals surface area contributed by atoms with Gasteiger partial charge in [-0.3, -0.25) is 4.79 Å². The van der Waals surface area contributed by atoms with Crippen molar-refractivity contribution in [3.05, 3.63) is 40.4 Å². The summed E-state index contributed by atoms with van der Waals surface area (Å²) in [6.45, 7) is 5.67. The van der Waals surface area contributed by atoms with E-state index in [1.807, 2.05) is 10.6 Å². The molecule has 0 aliphatic carbocycles. The van der Waals surface area contributed by atoms with Crippen molar-refractivity contribution >= 4 is 5.65 Å². The van der Waals surface area contributed by atoms with Crippen LogP contribution in [0.2, 0.25) is 0 Å². The van der Waals surface area contributed by atoms with Crippen LogP contribution in [0.3, 0.4) is 0 Å². The van der Waals surface area contributed by atoms with Gasteiger partial charge in [0.1, 0.15) is 5.65 Å². The van der Waals surface area contributed by atoms with Crippen molar-refractivity contribution in [3.8, 4) is 0 Å². The average molecular weight is 245 g/mol. The van der Waals surface area contributed by atoms with Crippen LogP contribution in [0.1, 0.15) is 31.4 Å². The summed E-state index contributed by atoms with van der Waals surface area (Å²) in [7, 11) is 0. The van der Waals surface area contributed by atoms with Gasteiger partial charge in [-0.2, -0.15) is 0 Å². The number of hydrogen-bond acceptors (Lipinski definition) is 2. The number of pyridine rings is 1. The molecule has 1 unspecified atom stereocenters. The Morgan fingerprint density at radius 1 is 1.50 bits per heavy atom. The fourth-order valence-corrected chi connectivity index (χ4v) is 2.84. The predicted molar refractivity (Wildman–Crippen MR) is 72.1 cm³/mol. The Kier molecular flexibility index (Phi) is 2.96. The number of piperidine rings is 1. The van der Waals surface area contributed by atoms with Crippen molar-refractivity contribution in [2.24, 2.45) is 0 Å². The molecule has 1 atom stereocenters. The fourth-order valence-electron chi connectivity index (χ4n) is 2.84. The Morgan fingerprint density at radius 2 is 2.39 bits per heavy atom. The summed E-state index contributed by atoms with van der Waals surface area (Å²) in [6, 6.07) is 3.26. The van der Waals surface area contributed by atoms with Crippen LogP contribution in [-0.4, -0.2) is 33.9 Å². The minimum Gasteiger partial charge on any atom is -0.343 e. The number of nitrogens with zero attached hydrogens (tertiary/aromatic N) is 2. The summed E-state index contributed by atoms with van der Waals surface area (Å²) >= 11 is 0. The minimum atomic E-state index is 0.0576. The Morgan fingerprint density at radius 3 is 3.22 bits per heavy atom. The first kappa shape index (κ1) is 11.5. The third-order valence-electron chi connectivity index (χ3n) is 3.90. The number of hydrogen-bond donors (Lipinski definition) is 1. The van der Waals surface area contributed by atoms with Gasteiger partial charge in [-0.1, -0.05) is 6.92 Å². The SMILES string of the molecule is CCN1CCCC(c2cn3ccc(=O)cc3[nH]2)C1. The smallest absolute Gasteiger partial charge is 0.183 e. The van der Waals surface area contributed by atoms with Gasteiger partial charge in [-0.15, -0.1) is 0 Å². The number of imidazole rings is 1. The Hall–Kier alpha value is -1.55. The van der Waals surface area contributed by atoms with Crippen LogP contribution in [-0.2, 0) is 0 Å². The lowest BCUT2D eigenvalue weighted by atomic mass is 9.95. The van der Waals surface area contributed by atoms with E-state index < -0.39 is 0 Å². The summed E-state index contributed by atoms with van der Waals surface area (Å²) in [5.74, 6) is 0.564. The number of nitrogens with one attached hydrogen (secondary N) is 1. The van der Waals surface area contributed by atoms with Crippen molar-refractivity contribution in [1.82, 2.24) is 14.3 Å². The zero-order valence-corrected chi connectivity index (χ0v) is 10.7. The number of fused-ring (bicyclic) bond motifs is 1. The molecule has 2 aromatic heterocycles. The van der Waals surface area contributed by atoms with Gasteiger partial charge < -0.3 is 14.3 Å². The van der Waals surface area contributed by atoms with Crippen LogP contribution < -0.4 is 5.43 Å². The maximum absolute atomic E-state index is 11.3. The highest BCUT2D eigenvalue weighted by molar-refractivity contribution is 5.40. The molecule has 4 heteroatoms. The number of rotatable bonds is 2. The van der Waals surface area contributed by atoms with Gasteiger partial charge in [0.05, 0.1) is 0 Å². The van der Waals surface area contributed by atoms with E-state index in [9.17, 15) is 4.79 Å². The number of aromatic nitrogens is 2. The summed E-state index contributed by atoms with van der Waals surface area (Å²) in [5, 5.41) is 0. The van der Waals surface area contributed by atoms with Gasteiger partial charge in [0.2, 0.25) is 0 Å². The van der Waals surface area contributed by atoms with Crippen molar-refractivity contribution in [2.75, 3.05) is 19.6 Å². The van der Waals surface area contributed by atoms with E-state index in [1.165, 1.54) is 25.1 Å². The number of likely N-dealkylation sites (N-methyl/N-ethyl adjacent to an activating group) is 1. The topological polar surface area (TPSA) is 40.5 Å². The molecule has 96 valence electrons. The van der Waals surface area contributed by atoms with E-state index in [-0.39, 0.29) is 5.43 Å². The Balaban J connectivity index is 1.91. The first-order valence-electron chi connectivity index (χ1n) is 6.69. The molecule has 0 spiro atoms. The maximum atomic E-state index is 11.3. The molecule has 1 N–H and O–H groups in total. The fraction of sp³-hybridized carbons (Fsp3) is 0.500. The summed E-state index contributed by atoms with van der Waals surface area (Å²) < 4.78 is 2.00. The number of likely N-dealkylation sites (tertiary alicyclic amines) is 1. The molecule has 0 aromatic carbocycles. The van der Waals surface area contributed by atoms with Gasteiger partial charge in [-0.25, -0.2) is 0 Å². The lowest BCUT2D eigenvalue weighted by Crippen LogP contribution is -2.34. The number of H-pyrrole nitrogens is 1. The van der Waals surface area contributed by atoms with Gasteiger partial charge in [-0.05, 0) is 25.9 Å². The molecular formula is C14H19N3O. The van der Waals surface area contributed by atoms with Gasteiger partial charge in [0.25, 0.3) is 0 Å². The van der Waals surface area contributed by atoms with Crippen LogP contribution in [0.5, 0.6) is 0 Å². The second-order valence-electron chi connectivity index (χ2n) is 5.10. The van der Waals surface area contributed by atoms with Crippen molar-refractivity contribution in [2.45, 2.75) is 25.7 Å². The van der Waals surface area contributed by atoms with Crippen molar-refractivity contribution in [1.29, 1.82) is 0 Å². The van der Waals surface area contributed by atoms with Crippen LogP contribution in [0, 0.1) is 0 Å². The molecule has 3 heterocycles. The summed E-state index contributed by atoms with van der Waals surface area (Å²) in [6.07, 6.45) is 6.44. The first-order chi connectivity index (χ1) is 8.76. The van der Waals surface area contributed by atoms with Crippen molar-refractivity contribution in [3.63, 3.8) is 0 Å². The first-order valence-corrected chi connectivity index (χ1v) is 6.69. The highest BCUT2D eigenvalue weighted by atomic mass is 16.1. The molecule has 0 amide bonds. The molecule has 18 heavy (non-hydrogen) atoms. The Labute approximate surface area is 106 Å². The normalized spacial score (nSPS) is 21.5. The second kappa shape index (κ2) is 4.61. The Bertz CT molecular complexity index is 598. The van der Waals surface area contributed by atoms with Gasteiger partial charge >= 0.3 is 0 Å². The van der Waals surface area contributed by atoms with Crippen molar-refractivity contribution < 1.29 is 0 Å². The molecule has 2 aromatic rings. The standard InChI is InChI=1S/C14H19N3O/c1-2-16-6-3-4-11(9-16)13-10-17-7-5-12(18)8-14(17)15-13/h5,7-8,10-11,15H,2-4,6,9H2,1H3. The molecule has 4 nitrogen and oxygen atoms in total. The lowest BCUT2D eigenvalue weighted by Gasteiger charge is -2.31. The van der Waals surface area contributed by atoms with Gasteiger partial charge in [0, 0.05) is 42.7 Å². The highest BCUT2D eigenvalue weighted by Crippen LogP contribution is 2.26. The zero-order chi connectivity index (χ0) is 12.5. The summed E-state index contributed by atoms with van der Waals surface area (Å²) in [4.78, 5) is 17.2. The third kappa shape index (κ3) is 2.08. The van der Waals surface area contributed by atoms with Crippen LogP contribution in [0.15, 0.2) is 29.3 Å². The molecule has 1 fully saturated rings. The highest BCUT2D eigenvalue weighted by Gasteiger charge is 2.21. The number of aromatic amines is 1. The van der Waals surface area contributed by atoms with E-state index in [0.717, 1.165) is 18.7 Å². The van der Waals surface area contributed by atoms with E-state index in [1.54, 1.807) is 12.1 Å².